The summed E-state index contributed by atoms with van der Waals surface area (Å²) >= 11 is 15.1. The number of rotatable bonds is 3. The van der Waals surface area contributed by atoms with Crippen molar-refractivity contribution in [2.75, 3.05) is 0 Å². The topological polar surface area (TPSA) is 34.4 Å². The van der Waals surface area contributed by atoms with Gasteiger partial charge in [0.2, 0.25) is 0 Å². The molecule has 0 radical (unpaired) electrons. The normalized spacial score (nSPS) is 11.2. The molecule has 2 heterocycles. The van der Waals surface area contributed by atoms with E-state index in [1.807, 2.05) is 18.4 Å². The summed E-state index contributed by atoms with van der Waals surface area (Å²) < 4.78 is 1.62. The first-order valence-electron chi connectivity index (χ1n) is 6.09. The van der Waals surface area contributed by atoms with Gasteiger partial charge in [-0.1, -0.05) is 23.2 Å². The average molecular weight is 357 g/mol. The van der Waals surface area contributed by atoms with Crippen LogP contribution in [0.3, 0.4) is 0 Å². The van der Waals surface area contributed by atoms with E-state index in [2.05, 4.69) is 4.98 Å². The molecule has 0 amide bonds. The highest BCUT2D eigenvalue weighted by Gasteiger charge is 2.08. The number of nitrogens with zero attached hydrogens (tertiary/aromatic N) is 2. The molecule has 3 nitrogen and oxygen atoms in total. The Morgan fingerprint density at radius 1 is 1.33 bits per heavy atom. The lowest BCUT2D eigenvalue weighted by atomic mass is 10.4. The summed E-state index contributed by atoms with van der Waals surface area (Å²) in [6.45, 7) is 1.90. The fraction of sp³-hybridized carbons (Fsp3) is 0.143. The van der Waals surface area contributed by atoms with Gasteiger partial charge in [0.1, 0.15) is 0 Å². The van der Waals surface area contributed by atoms with Crippen molar-refractivity contribution in [3.8, 4) is 0 Å². The van der Waals surface area contributed by atoms with Crippen molar-refractivity contribution in [2.24, 2.45) is 0 Å². The zero-order valence-electron chi connectivity index (χ0n) is 11.0. The van der Waals surface area contributed by atoms with Crippen LogP contribution < -0.4 is 5.56 Å². The van der Waals surface area contributed by atoms with Gasteiger partial charge in [-0.3, -0.25) is 9.20 Å². The molecule has 2 aromatic heterocycles. The first kappa shape index (κ1) is 14.9. The fourth-order valence-corrected chi connectivity index (χ4v) is 4.19. The number of aromatic nitrogens is 2. The maximum absolute atomic E-state index is 12.1. The van der Waals surface area contributed by atoms with Crippen molar-refractivity contribution in [3.05, 3.63) is 61.4 Å². The Morgan fingerprint density at radius 3 is 2.95 bits per heavy atom. The van der Waals surface area contributed by atoms with Crippen molar-refractivity contribution in [3.63, 3.8) is 0 Å². The molecule has 0 aliphatic carbocycles. The van der Waals surface area contributed by atoms with E-state index in [9.17, 15) is 4.79 Å². The second-order valence-electron chi connectivity index (χ2n) is 4.44. The molecule has 0 bridgehead atoms. The lowest BCUT2D eigenvalue weighted by Crippen LogP contribution is -2.14. The second-order valence-corrected chi connectivity index (χ2v) is 7.14. The van der Waals surface area contributed by atoms with Crippen LogP contribution in [0.2, 0.25) is 10.0 Å². The van der Waals surface area contributed by atoms with E-state index in [1.165, 1.54) is 23.1 Å². The Labute approximate surface area is 139 Å². The highest BCUT2D eigenvalue weighted by atomic mass is 35.5. The molecular formula is C14H10Cl2N2OS2. The summed E-state index contributed by atoms with van der Waals surface area (Å²) in [5.74, 6) is 0.572. The Kier molecular flexibility index (Phi) is 4.26. The van der Waals surface area contributed by atoms with Gasteiger partial charge >= 0.3 is 0 Å². The molecule has 0 aliphatic heterocycles. The summed E-state index contributed by atoms with van der Waals surface area (Å²) in [4.78, 5) is 18.2. The van der Waals surface area contributed by atoms with E-state index in [0.29, 0.717) is 20.8 Å². The highest BCUT2D eigenvalue weighted by molar-refractivity contribution is 7.98. The summed E-state index contributed by atoms with van der Waals surface area (Å²) in [6, 6.07) is 6.90. The molecule has 0 atom stereocenters. The number of fused-ring (bicyclic) bond motifs is 1. The predicted molar refractivity (Wildman–Crippen MR) is 90.1 cm³/mol. The Balaban J connectivity index is 1.88. The van der Waals surface area contributed by atoms with Gasteiger partial charge in [0.15, 0.2) is 4.96 Å². The summed E-state index contributed by atoms with van der Waals surface area (Å²) in [5.41, 5.74) is 1.60. The van der Waals surface area contributed by atoms with Gasteiger partial charge in [-0.05, 0) is 25.1 Å². The van der Waals surface area contributed by atoms with Crippen LogP contribution in [0.15, 0.2) is 39.3 Å². The zero-order valence-corrected chi connectivity index (χ0v) is 14.1. The maximum Gasteiger partial charge on any atom is 0.258 e. The quantitative estimate of drug-likeness (QED) is 0.639. The Bertz CT molecular complexity index is 873. The van der Waals surface area contributed by atoms with E-state index in [4.69, 9.17) is 23.2 Å². The van der Waals surface area contributed by atoms with Gasteiger partial charge in [-0.2, -0.15) is 0 Å². The third kappa shape index (κ3) is 3.11. The van der Waals surface area contributed by atoms with Gasteiger partial charge in [0.05, 0.1) is 10.7 Å². The number of aryl methyl sites for hydroxylation is 1. The fourth-order valence-electron chi connectivity index (χ4n) is 1.91. The predicted octanol–water partition coefficient (Wildman–Crippen LogP) is 4.66. The van der Waals surface area contributed by atoms with Gasteiger partial charge in [-0.15, -0.1) is 23.1 Å². The van der Waals surface area contributed by atoms with Crippen LogP contribution in [0.5, 0.6) is 0 Å². The van der Waals surface area contributed by atoms with E-state index in [0.717, 1.165) is 16.3 Å². The van der Waals surface area contributed by atoms with Gasteiger partial charge in [0.25, 0.3) is 5.56 Å². The molecule has 0 N–H and O–H groups in total. The number of halogens is 2. The van der Waals surface area contributed by atoms with Crippen LogP contribution in [-0.2, 0) is 5.75 Å². The molecule has 0 saturated carbocycles. The Morgan fingerprint density at radius 2 is 2.14 bits per heavy atom. The summed E-state index contributed by atoms with van der Waals surface area (Å²) in [6.07, 6.45) is 0. The number of hydrogen-bond acceptors (Lipinski definition) is 4. The van der Waals surface area contributed by atoms with Crippen LogP contribution in [0.1, 0.15) is 11.4 Å². The van der Waals surface area contributed by atoms with E-state index in [-0.39, 0.29) is 5.56 Å². The van der Waals surface area contributed by atoms with Crippen molar-refractivity contribution < 1.29 is 0 Å². The number of hydrogen-bond donors (Lipinski definition) is 0. The Hall–Kier alpha value is -1.01. The summed E-state index contributed by atoms with van der Waals surface area (Å²) in [5, 5.41) is 3.21. The van der Waals surface area contributed by atoms with Crippen LogP contribution in [-0.4, -0.2) is 9.38 Å². The molecule has 3 rings (SSSR count). The third-order valence-electron chi connectivity index (χ3n) is 2.90. The first-order valence-corrected chi connectivity index (χ1v) is 8.71. The van der Waals surface area contributed by atoms with E-state index < -0.39 is 0 Å². The summed E-state index contributed by atoms with van der Waals surface area (Å²) in [7, 11) is 0. The van der Waals surface area contributed by atoms with Crippen molar-refractivity contribution in [1.82, 2.24) is 9.38 Å². The first-order chi connectivity index (χ1) is 10.0. The largest absolute Gasteiger partial charge is 0.269 e. The molecule has 0 aliphatic rings. The number of thiazole rings is 1. The van der Waals surface area contributed by atoms with Crippen molar-refractivity contribution >= 4 is 51.3 Å². The molecule has 0 spiro atoms. The monoisotopic (exact) mass is 356 g/mol. The molecular weight excluding hydrogens is 347 g/mol. The number of thioether (sulfide) groups is 1. The second kappa shape index (κ2) is 6.01. The van der Waals surface area contributed by atoms with Crippen LogP contribution >= 0.6 is 46.3 Å². The highest BCUT2D eigenvalue weighted by Crippen LogP contribution is 2.31. The maximum atomic E-state index is 12.1. The van der Waals surface area contributed by atoms with E-state index >= 15 is 0 Å². The smallest absolute Gasteiger partial charge is 0.258 e. The molecule has 0 saturated heterocycles. The van der Waals surface area contributed by atoms with Crippen LogP contribution in [0, 0.1) is 6.92 Å². The van der Waals surface area contributed by atoms with Crippen molar-refractivity contribution in [1.29, 1.82) is 0 Å². The van der Waals surface area contributed by atoms with Crippen LogP contribution in [0.4, 0.5) is 0 Å². The SMILES string of the molecule is Cc1csc2nc(CSc3cc(Cl)ccc3Cl)cc(=O)n12. The minimum Gasteiger partial charge on any atom is -0.269 e. The average Bonchev–Trinajstić information content (AvgIpc) is 2.82. The van der Waals surface area contributed by atoms with Crippen molar-refractivity contribution in [2.45, 2.75) is 17.6 Å². The zero-order chi connectivity index (χ0) is 15.0. The van der Waals surface area contributed by atoms with Crippen LogP contribution in [0.25, 0.3) is 4.96 Å². The molecule has 0 unspecified atom stereocenters. The minimum absolute atomic E-state index is 0.0495. The molecule has 3 aromatic rings. The van der Waals surface area contributed by atoms with Gasteiger partial charge < -0.3 is 0 Å². The number of benzene rings is 1. The molecule has 108 valence electrons. The molecule has 1 aromatic carbocycles. The van der Waals surface area contributed by atoms with Gasteiger partial charge in [-0.25, -0.2) is 4.98 Å². The van der Waals surface area contributed by atoms with E-state index in [1.54, 1.807) is 22.6 Å². The standard InChI is InChI=1S/C14H10Cl2N2OS2/c1-8-6-21-14-17-10(5-13(19)18(8)14)7-20-12-4-9(15)2-3-11(12)16/h2-6H,7H2,1H3. The third-order valence-corrected chi connectivity index (χ3v) is 5.61. The molecule has 21 heavy (non-hydrogen) atoms. The lowest BCUT2D eigenvalue weighted by Gasteiger charge is -2.05. The molecule has 0 fully saturated rings. The molecule has 7 heteroatoms. The van der Waals surface area contributed by atoms with Gasteiger partial charge in [0, 0.05) is 32.8 Å². The minimum atomic E-state index is -0.0495. The lowest BCUT2D eigenvalue weighted by molar-refractivity contribution is 0.997.